The number of nitrogens with zero attached hydrogens (tertiary/aromatic N) is 1. The Morgan fingerprint density at radius 3 is 2.47 bits per heavy atom. The van der Waals surface area contributed by atoms with Gasteiger partial charge in [-0.2, -0.15) is 0 Å². The number of carbonyl (C=O) groups excluding carboxylic acids is 2. The molecule has 2 aliphatic carbocycles. The van der Waals surface area contributed by atoms with Gasteiger partial charge in [-0.05, 0) is 75.1 Å². The number of carbonyl (C=O) groups is 2. The van der Waals surface area contributed by atoms with E-state index in [2.05, 4.69) is 21.2 Å². The van der Waals surface area contributed by atoms with Crippen LogP contribution in [-0.2, 0) is 9.53 Å². The van der Waals surface area contributed by atoms with Gasteiger partial charge in [0.05, 0.1) is 29.3 Å². The number of ether oxygens (including phenoxy) is 1. The minimum Gasteiger partial charge on any atom is -0.466 e. The topological polar surface area (TPSA) is 68.3 Å². The Morgan fingerprint density at radius 1 is 1.09 bits per heavy atom. The quantitative estimate of drug-likeness (QED) is 0.414. The average molecular weight is 521 g/mol. The van der Waals surface area contributed by atoms with Crippen LogP contribution in [-0.4, -0.2) is 29.5 Å². The molecule has 2 fully saturated rings. The van der Waals surface area contributed by atoms with Gasteiger partial charge in [-0.15, -0.1) is 0 Å². The maximum Gasteiger partial charge on any atom is 0.308 e. The van der Waals surface area contributed by atoms with Crippen molar-refractivity contribution in [3.63, 3.8) is 0 Å². The molecule has 176 valence electrons. The lowest BCUT2D eigenvalue weighted by atomic mass is 9.77. The standard InChI is InChI=1S/C28H29BrN2O3/c1-3-34-28(33)20-13-18-9-10-19(14-20)26(18)31-27(32)24-16(2)25(17-7-5-4-6-8-17)30-23-12-11-21(29)15-22(23)24/h4-8,11-12,15,18-20,26H,3,9-10,13-14H2,1-2H3,(H,31,32)/t18-,19+,20-,26-. The van der Waals surface area contributed by atoms with Gasteiger partial charge in [0.1, 0.15) is 0 Å². The zero-order valence-electron chi connectivity index (χ0n) is 19.5. The monoisotopic (exact) mass is 520 g/mol. The van der Waals surface area contributed by atoms with Gasteiger partial charge in [0.25, 0.3) is 5.91 Å². The van der Waals surface area contributed by atoms with Crippen molar-refractivity contribution in [2.75, 3.05) is 6.61 Å². The molecule has 5 nitrogen and oxygen atoms in total. The fraction of sp³-hybridized carbons (Fsp3) is 0.393. The molecule has 0 spiro atoms. The van der Waals surface area contributed by atoms with Crippen LogP contribution in [0.1, 0.15) is 48.5 Å². The van der Waals surface area contributed by atoms with Gasteiger partial charge in [-0.3, -0.25) is 9.59 Å². The molecular weight excluding hydrogens is 492 g/mol. The van der Waals surface area contributed by atoms with E-state index in [1.807, 2.05) is 62.4 Å². The van der Waals surface area contributed by atoms with E-state index in [1.165, 1.54) is 0 Å². The van der Waals surface area contributed by atoms with Crippen molar-refractivity contribution in [1.29, 1.82) is 0 Å². The number of esters is 1. The molecule has 1 N–H and O–H groups in total. The van der Waals surface area contributed by atoms with Gasteiger partial charge < -0.3 is 10.1 Å². The molecule has 34 heavy (non-hydrogen) atoms. The molecule has 0 aliphatic heterocycles. The Labute approximate surface area is 208 Å². The first-order valence-corrected chi connectivity index (χ1v) is 12.9. The van der Waals surface area contributed by atoms with E-state index in [4.69, 9.17) is 9.72 Å². The SMILES string of the molecule is CCOC(=O)[C@@H]1C[C@H]2CC[C@@H](C1)[C@@H]2NC(=O)c1c(C)c(-c2ccccc2)nc2ccc(Br)cc12. The van der Waals surface area contributed by atoms with E-state index >= 15 is 0 Å². The fourth-order valence-corrected chi connectivity index (χ4v) is 6.30. The number of pyridine rings is 1. The summed E-state index contributed by atoms with van der Waals surface area (Å²) in [6.45, 7) is 4.25. The molecule has 3 aromatic rings. The Kier molecular flexibility index (Phi) is 6.43. The molecule has 0 radical (unpaired) electrons. The van der Waals surface area contributed by atoms with E-state index in [9.17, 15) is 9.59 Å². The fourth-order valence-electron chi connectivity index (χ4n) is 5.94. The summed E-state index contributed by atoms with van der Waals surface area (Å²) in [6, 6.07) is 16.0. The van der Waals surface area contributed by atoms with Crippen molar-refractivity contribution in [3.05, 3.63) is 64.1 Å². The van der Waals surface area contributed by atoms with Crippen molar-refractivity contribution >= 4 is 38.7 Å². The lowest BCUT2D eigenvalue weighted by Gasteiger charge is -2.35. The molecule has 4 atom stereocenters. The highest BCUT2D eigenvalue weighted by Gasteiger charge is 2.46. The summed E-state index contributed by atoms with van der Waals surface area (Å²) < 4.78 is 6.20. The predicted octanol–water partition coefficient (Wildman–Crippen LogP) is 6.07. The Balaban J connectivity index is 1.48. The van der Waals surface area contributed by atoms with Gasteiger partial charge >= 0.3 is 5.97 Å². The van der Waals surface area contributed by atoms with Crippen LogP contribution < -0.4 is 5.32 Å². The number of nitrogens with one attached hydrogen (secondary N) is 1. The molecule has 6 heteroatoms. The number of fused-ring (bicyclic) bond motifs is 3. The number of aromatic nitrogens is 1. The third-order valence-corrected chi connectivity index (χ3v) is 7.97. The zero-order chi connectivity index (χ0) is 23.8. The largest absolute Gasteiger partial charge is 0.466 e. The van der Waals surface area contributed by atoms with Crippen LogP contribution in [0.5, 0.6) is 0 Å². The number of hydrogen-bond acceptors (Lipinski definition) is 4. The number of benzene rings is 2. The molecule has 1 amide bonds. The second kappa shape index (κ2) is 9.49. The van der Waals surface area contributed by atoms with Crippen LogP contribution in [0.3, 0.4) is 0 Å². The van der Waals surface area contributed by atoms with Crippen molar-refractivity contribution in [3.8, 4) is 11.3 Å². The third kappa shape index (κ3) is 4.24. The van der Waals surface area contributed by atoms with Gasteiger partial charge in [-0.25, -0.2) is 4.98 Å². The van der Waals surface area contributed by atoms with Crippen molar-refractivity contribution in [1.82, 2.24) is 10.3 Å². The van der Waals surface area contributed by atoms with E-state index < -0.39 is 0 Å². The first-order valence-electron chi connectivity index (χ1n) is 12.1. The molecule has 0 saturated heterocycles. The minimum absolute atomic E-state index is 0.0465. The number of hydrogen-bond donors (Lipinski definition) is 1. The zero-order valence-corrected chi connectivity index (χ0v) is 21.1. The number of halogens is 1. The molecule has 1 aromatic heterocycles. The van der Waals surface area contributed by atoms with Crippen LogP contribution in [0.25, 0.3) is 22.2 Å². The molecule has 2 aliphatic rings. The highest BCUT2D eigenvalue weighted by atomic mass is 79.9. The Morgan fingerprint density at radius 2 is 1.79 bits per heavy atom. The summed E-state index contributed by atoms with van der Waals surface area (Å²) in [4.78, 5) is 31.1. The molecule has 0 unspecified atom stereocenters. The molecule has 2 saturated carbocycles. The van der Waals surface area contributed by atoms with Crippen molar-refractivity contribution < 1.29 is 14.3 Å². The normalized spacial score (nSPS) is 23.6. The van der Waals surface area contributed by atoms with Gasteiger partial charge in [-0.1, -0.05) is 46.3 Å². The molecule has 5 rings (SSSR count). The van der Waals surface area contributed by atoms with E-state index in [-0.39, 0.29) is 23.8 Å². The summed E-state index contributed by atoms with van der Waals surface area (Å²) in [7, 11) is 0. The van der Waals surface area contributed by atoms with Crippen LogP contribution in [0.15, 0.2) is 53.0 Å². The first-order chi connectivity index (χ1) is 16.5. The number of rotatable bonds is 5. The second-order valence-electron chi connectivity index (χ2n) is 9.51. The maximum atomic E-state index is 13.8. The Bertz CT molecular complexity index is 1230. The van der Waals surface area contributed by atoms with E-state index in [0.29, 0.717) is 24.0 Å². The minimum atomic E-state index is -0.0856. The molecule has 2 aromatic carbocycles. The van der Waals surface area contributed by atoms with E-state index in [0.717, 1.165) is 57.9 Å². The predicted molar refractivity (Wildman–Crippen MR) is 136 cm³/mol. The van der Waals surface area contributed by atoms with E-state index in [1.54, 1.807) is 0 Å². The van der Waals surface area contributed by atoms with Gasteiger partial charge in [0.2, 0.25) is 0 Å². The molecule has 2 bridgehead atoms. The van der Waals surface area contributed by atoms with Crippen molar-refractivity contribution in [2.45, 2.75) is 45.6 Å². The third-order valence-electron chi connectivity index (χ3n) is 7.48. The number of amides is 1. The lowest BCUT2D eigenvalue weighted by Crippen LogP contribution is -2.46. The van der Waals surface area contributed by atoms with Crippen LogP contribution >= 0.6 is 15.9 Å². The molecule has 1 heterocycles. The van der Waals surface area contributed by atoms with Crippen LogP contribution in [0.2, 0.25) is 0 Å². The van der Waals surface area contributed by atoms with Crippen LogP contribution in [0, 0.1) is 24.7 Å². The average Bonchev–Trinajstić information content (AvgIpc) is 3.05. The summed E-state index contributed by atoms with van der Waals surface area (Å²) in [5.41, 5.74) is 4.18. The summed E-state index contributed by atoms with van der Waals surface area (Å²) in [5, 5.41) is 4.23. The van der Waals surface area contributed by atoms with Crippen molar-refractivity contribution in [2.24, 2.45) is 17.8 Å². The smallest absolute Gasteiger partial charge is 0.308 e. The maximum absolute atomic E-state index is 13.8. The highest BCUT2D eigenvalue weighted by molar-refractivity contribution is 9.10. The summed E-state index contributed by atoms with van der Waals surface area (Å²) >= 11 is 3.56. The first kappa shape index (κ1) is 23.0. The second-order valence-corrected chi connectivity index (χ2v) is 10.4. The van der Waals surface area contributed by atoms with Crippen LogP contribution in [0.4, 0.5) is 0 Å². The Hall–Kier alpha value is -2.73. The lowest BCUT2D eigenvalue weighted by molar-refractivity contribution is -0.150. The summed E-state index contributed by atoms with van der Waals surface area (Å²) in [5.74, 6) is 0.431. The highest BCUT2D eigenvalue weighted by Crippen LogP contribution is 2.45. The van der Waals surface area contributed by atoms with Gasteiger partial charge in [0.15, 0.2) is 0 Å². The summed E-state index contributed by atoms with van der Waals surface area (Å²) in [6.07, 6.45) is 3.67. The molecular formula is C28H29BrN2O3. The van der Waals surface area contributed by atoms with Gasteiger partial charge in [0, 0.05) is 21.5 Å².